The van der Waals surface area contributed by atoms with Gasteiger partial charge in [-0.05, 0) is 37.8 Å². The van der Waals surface area contributed by atoms with Crippen molar-refractivity contribution in [2.75, 3.05) is 18.4 Å². The van der Waals surface area contributed by atoms with Crippen molar-refractivity contribution in [3.8, 4) is 11.5 Å². The van der Waals surface area contributed by atoms with Crippen molar-refractivity contribution < 1.29 is 10.2 Å². The second kappa shape index (κ2) is 5.02. The van der Waals surface area contributed by atoms with Crippen LogP contribution in [0.2, 0.25) is 0 Å². The van der Waals surface area contributed by atoms with E-state index >= 15 is 0 Å². The van der Waals surface area contributed by atoms with Crippen LogP contribution >= 0.6 is 0 Å². The number of nitrogens with one attached hydrogen (secondary N) is 2. The minimum Gasteiger partial charge on any atom is -0.504 e. The second-order valence-electron chi connectivity index (χ2n) is 6.46. The molecule has 4 N–H and O–H groups in total. The van der Waals surface area contributed by atoms with Crippen molar-refractivity contribution in [2.24, 2.45) is 5.92 Å². The number of pyridine rings is 1. The number of benzene rings is 1. The lowest BCUT2D eigenvalue weighted by Crippen LogP contribution is -2.53. The number of aromatic nitrogens is 1. The van der Waals surface area contributed by atoms with Gasteiger partial charge in [0.2, 0.25) is 0 Å². The van der Waals surface area contributed by atoms with Crippen molar-refractivity contribution in [1.82, 2.24) is 10.3 Å². The minimum absolute atomic E-state index is 0.0889. The molecule has 5 heteroatoms. The van der Waals surface area contributed by atoms with Crippen molar-refractivity contribution >= 4 is 16.6 Å². The summed E-state index contributed by atoms with van der Waals surface area (Å²) in [5.74, 6) is 0.431. The minimum atomic E-state index is -0.110. The summed E-state index contributed by atoms with van der Waals surface area (Å²) >= 11 is 0. The summed E-state index contributed by atoms with van der Waals surface area (Å²) in [6.45, 7) is 4.17. The molecular formula is C17H21N3O2. The number of phenolic OH excluding ortho intramolecular Hbond substituents is 2. The lowest BCUT2D eigenvalue weighted by Gasteiger charge is -2.36. The molecule has 0 saturated carbocycles. The van der Waals surface area contributed by atoms with Crippen LogP contribution < -0.4 is 10.6 Å². The summed E-state index contributed by atoms with van der Waals surface area (Å²) in [5, 5.41) is 27.5. The topological polar surface area (TPSA) is 77.4 Å². The molecule has 0 bridgehead atoms. The third kappa shape index (κ3) is 2.08. The number of aryl methyl sites for hydroxylation is 1. The van der Waals surface area contributed by atoms with Gasteiger partial charge in [0.1, 0.15) is 0 Å². The first kappa shape index (κ1) is 13.6. The van der Waals surface area contributed by atoms with Crippen LogP contribution in [-0.2, 0) is 12.8 Å². The number of hydrogen-bond donors (Lipinski definition) is 4. The Bertz CT molecular complexity index is 744. The van der Waals surface area contributed by atoms with Crippen molar-refractivity contribution in [2.45, 2.75) is 32.2 Å². The van der Waals surface area contributed by atoms with Gasteiger partial charge in [0, 0.05) is 47.9 Å². The number of hydrogen-bond acceptors (Lipinski definition) is 5. The van der Waals surface area contributed by atoms with Crippen molar-refractivity contribution in [3.05, 3.63) is 23.4 Å². The van der Waals surface area contributed by atoms with E-state index in [1.807, 2.05) is 0 Å². The third-order valence-corrected chi connectivity index (χ3v) is 5.06. The molecule has 0 radical (unpaired) electrons. The first-order valence-electron chi connectivity index (χ1n) is 7.98. The summed E-state index contributed by atoms with van der Waals surface area (Å²) in [5.41, 5.74) is 4.24. The normalized spacial score (nSPS) is 23.3. The summed E-state index contributed by atoms with van der Waals surface area (Å²) in [7, 11) is 0. The average molecular weight is 299 g/mol. The zero-order valence-electron chi connectivity index (χ0n) is 12.7. The number of nitrogens with zero attached hydrogens (tertiary/aromatic N) is 1. The van der Waals surface area contributed by atoms with E-state index in [1.165, 1.54) is 5.56 Å². The summed E-state index contributed by atoms with van der Waals surface area (Å²) in [6.07, 6.45) is 3.14. The molecule has 0 spiro atoms. The molecule has 1 aromatic heterocycles. The predicted molar refractivity (Wildman–Crippen MR) is 86.5 cm³/mol. The van der Waals surface area contributed by atoms with E-state index in [-0.39, 0.29) is 11.5 Å². The van der Waals surface area contributed by atoms with Gasteiger partial charge >= 0.3 is 0 Å². The molecular weight excluding hydrogens is 278 g/mol. The van der Waals surface area contributed by atoms with Gasteiger partial charge in [-0.25, -0.2) is 0 Å². The SMILES string of the molecule is C[C@@H]1NCC1CNc1c2c(nc3cc(O)c(O)cc13)CCC2. The zero-order valence-corrected chi connectivity index (χ0v) is 12.7. The molecule has 5 nitrogen and oxygen atoms in total. The predicted octanol–water partition coefficient (Wildman–Crippen LogP) is 2.15. The molecule has 1 unspecified atom stereocenters. The zero-order chi connectivity index (χ0) is 15.3. The van der Waals surface area contributed by atoms with E-state index in [0.717, 1.165) is 54.6 Å². The van der Waals surface area contributed by atoms with Gasteiger partial charge in [-0.3, -0.25) is 4.98 Å². The molecule has 1 aliphatic heterocycles. The van der Waals surface area contributed by atoms with Crippen LogP contribution in [0.15, 0.2) is 12.1 Å². The highest BCUT2D eigenvalue weighted by Crippen LogP contribution is 2.38. The Morgan fingerprint density at radius 2 is 2.09 bits per heavy atom. The molecule has 0 amide bonds. The lowest BCUT2D eigenvalue weighted by atomic mass is 9.93. The van der Waals surface area contributed by atoms with Crippen LogP contribution in [-0.4, -0.2) is 34.3 Å². The van der Waals surface area contributed by atoms with E-state index in [4.69, 9.17) is 0 Å². The first-order valence-corrected chi connectivity index (χ1v) is 7.98. The Morgan fingerprint density at radius 1 is 1.27 bits per heavy atom. The fraction of sp³-hybridized carbons (Fsp3) is 0.471. The van der Waals surface area contributed by atoms with Crippen LogP contribution in [0.1, 0.15) is 24.6 Å². The van der Waals surface area contributed by atoms with Gasteiger partial charge < -0.3 is 20.8 Å². The smallest absolute Gasteiger partial charge is 0.159 e. The molecule has 1 saturated heterocycles. The summed E-state index contributed by atoms with van der Waals surface area (Å²) in [6, 6.07) is 3.73. The van der Waals surface area contributed by atoms with Crippen LogP contribution in [0.5, 0.6) is 11.5 Å². The highest BCUT2D eigenvalue weighted by atomic mass is 16.3. The first-order chi connectivity index (χ1) is 10.6. The number of phenols is 2. The van der Waals surface area contributed by atoms with E-state index in [9.17, 15) is 10.2 Å². The maximum atomic E-state index is 9.85. The van der Waals surface area contributed by atoms with Crippen LogP contribution in [0, 0.1) is 5.92 Å². The van der Waals surface area contributed by atoms with E-state index in [0.29, 0.717) is 12.0 Å². The van der Waals surface area contributed by atoms with Gasteiger partial charge in [0.25, 0.3) is 0 Å². The number of rotatable bonds is 3. The standard InChI is InChI=1S/C17H21N3O2/c1-9-10(7-18-9)8-19-17-11-3-2-4-13(11)20-14-6-16(22)15(21)5-12(14)17/h5-6,9-10,18,21-22H,2-4,7-8H2,1H3,(H,19,20)/t9-,10?/m0/s1. The Balaban J connectivity index is 1.78. The molecule has 2 heterocycles. The van der Waals surface area contributed by atoms with Crippen LogP contribution in [0.4, 0.5) is 5.69 Å². The molecule has 1 aromatic carbocycles. The molecule has 1 aliphatic carbocycles. The van der Waals surface area contributed by atoms with Crippen LogP contribution in [0.25, 0.3) is 10.9 Å². The Labute approximate surface area is 129 Å². The van der Waals surface area contributed by atoms with Gasteiger partial charge in [0.15, 0.2) is 11.5 Å². The monoisotopic (exact) mass is 299 g/mol. The van der Waals surface area contributed by atoms with Crippen LogP contribution in [0.3, 0.4) is 0 Å². The number of anilines is 1. The fourth-order valence-electron chi connectivity index (χ4n) is 3.49. The molecule has 2 atom stereocenters. The van der Waals surface area contributed by atoms with Crippen molar-refractivity contribution in [3.63, 3.8) is 0 Å². The van der Waals surface area contributed by atoms with E-state index in [2.05, 4.69) is 22.5 Å². The highest BCUT2D eigenvalue weighted by molar-refractivity contribution is 5.95. The number of fused-ring (bicyclic) bond motifs is 2. The average Bonchev–Trinajstić information content (AvgIpc) is 2.95. The van der Waals surface area contributed by atoms with E-state index in [1.54, 1.807) is 12.1 Å². The Kier molecular flexibility index (Phi) is 3.11. The van der Waals surface area contributed by atoms with Crippen molar-refractivity contribution in [1.29, 1.82) is 0 Å². The maximum absolute atomic E-state index is 9.85. The Hall–Kier alpha value is -2.01. The molecule has 2 aromatic rings. The van der Waals surface area contributed by atoms with Gasteiger partial charge in [0.05, 0.1) is 5.52 Å². The molecule has 4 rings (SSSR count). The van der Waals surface area contributed by atoms with E-state index < -0.39 is 0 Å². The van der Waals surface area contributed by atoms with Gasteiger partial charge in [-0.1, -0.05) is 0 Å². The summed E-state index contributed by atoms with van der Waals surface area (Å²) < 4.78 is 0. The number of aromatic hydroxyl groups is 2. The summed E-state index contributed by atoms with van der Waals surface area (Å²) in [4.78, 5) is 4.67. The van der Waals surface area contributed by atoms with Gasteiger partial charge in [-0.15, -0.1) is 0 Å². The molecule has 116 valence electrons. The molecule has 22 heavy (non-hydrogen) atoms. The largest absolute Gasteiger partial charge is 0.504 e. The lowest BCUT2D eigenvalue weighted by molar-refractivity contribution is 0.264. The maximum Gasteiger partial charge on any atom is 0.159 e. The highest BCUT2D eigenvalue weighted by Gasteiger charge is 2.27. The third-order valence-electron chi connectivity index (χ3n) is 5.06. The second-order valence-corrected chi connectivity index (χ2v) is 6.46. The van der Waals surface area contributed by atoms with Gasteiger partial charge in [-0.2, -0.15) is 0 Å². The quantitative estimate of drug-likeness (QED) is 0.653. The fourth-order valence-corrected chi connectivity index (χ4v) is 3.49. The Morgan fingerprint density at radius 3 is 2.82 bits per heavy atom. The molecule has 1 fully saturated rings. The molecule has 2 aliphatic rings.